The van der Waals surface area contributed by atoms with Gasteiger partial charge in [0.2, 0.25) is 5.91 Å². The van der Waals surface area contributed by atoms with Gasteiger partial charge in [-0.3, -0.25) is 4.79 Å². The molecule has 112 valence electrons. The Hall–Kier alpha value is -1.89. The molecular formula is C14H15F2N3OS. The number of amides is 1. The van der Waals surface area contributed by atoms with Gasteiger partial charge in [-0.2, -0.15) is 0 Å². The molecular weight excluding hydrogens is 296 g/mol. The lowest BCUT2D eigenvalue weighted by atomic mass is 10.3. The highest BCUT2D eigenvalue weighted by Crippen LogP contribution is 2.19. The maximum absolute atomic E-state index is 13.0. The standard InChI is InChI=1S/C14H15F2N3OS/c15-12-3-2-11(8-13(12)16)21-9-14(20)18-4-1-6-19-7-5-17-10-19/h2-3,5,7-8,10H,1,4,6,9H2,(H,18,20). The fraction of sp³-hybridized carbons (Fsp3) is 0.286. The van der Waals surface area contributed by atoms with Crippen molar-refractivity contribution in [2.75, 3.05) is 12.3 Å². The number of halogens is 2. The Morgan fingerprint density at radius 2 is 2.19 bits per heavy atom. The molecule has 21 heavy (non-hydrogen) atoms. The molecule has 0 aliphatic heterocycles. The van der Waals surface area contributed by atoms with Gasteiger partial charge >= 0.3 is 0 Å². The van der Waals surface area contributed by atoms with Crippen LogP contribution in [-0.2, 0) is 11.3 Å². The third kappa shape index (κ3) is 5.18. The summed E-state index contributed by atoms with van der Waals surface area (Å²) in [5.74, 6) is -1.74. The van der Waals surface area contributed by atoms with Crippen LogP contribution < -0.4 is 5.32 Å². The van der Waals surface area contributed by atoms with Crippen molar-refractivity contribution in [3.63, 3.8) is 0 Å². The van der Waals surface area contributed by atoms with Crippen LogP contribution in [0, 0.1) is 11.6 Å². The zero-order valence-electron chi connectivity index (χ0n) is 11.3. The van der Waals surface area contributed by atoms with Gasteiger partial charge in [0.1, 0.15) is 0 Å². The lowest BCUT2D eigenvalue weighted by Crippen LogP contribution is -2.26. The van der Waals surface area contributed by atoms with Crippen LogP contribution in [0.1, 0.15) is 6.42 Å². The molecule has 2 aromatic rings. The number of carbonyl (C=O) groups is 1. The molecule has 0 saturated carbocycles. The van der Waals surface area contributed by atoms with Crippen LogP contribution in [-0.4, -0.2) is 27.8 Å². The van der Waals surface area contributed by atoms with E-state index in [0.29, 0.717) is 11.4 Å². The largest absolute Gasteiger partial charge is 0.355 e. The van der Waals surface area contributed by atoms with Gasteiger partial charge in [-0.15, -0.1) is 11.8 Å². The molecule has 1 aromatic heterocycles. The van der Waals surface area contributed by atoms with Crippen LogP contribution in [0.2, 0.25) is 0 Å². The van der Waals surface area contributed by atoms with E-state index in [9.17, 15) is 13.6 Å². The molecule has 1 heterocycles. The Kier molecular flexibility index (Phi) is 5.74. The van der Waals surface area contributed by atoms with Crippen LogP contribution in [0.3, 0.4) is 0 Å². The van der Waals surface area contributed by atoms with Gasteiger partial charge in [0, 0.05) is 30.4 Å². The number of imidazole rings is 1. The van der Waals surface area contributed by atoms with Crippen molar-refractivity contribution in [1.82, 2.24) is 14.9 Å². The molecule has 0 bridgehead atoms. The van der Waals surface area contributed by atoms with Crippen molar-refractivity contribution in [3.05, 3.63) is 48.6 Å². The molecule has 0 radical (unpaired) electrons. The Bertz CT molecular complexity index is 590. The Balaban J connectivity index is 1.64. The molecule has 0 atom stereocenters. The smallest absolute Gasteiger partial charge is 0.230 e. The molecule has 7 heteroatoms. The number of benzene rings is 1. The van der Waals surface area contributed by atoms with E-state index >= 15 is 0 Å². The number of rotatable bonds is 7. The second-order valence-corrected chi connectivity index (χ2v) is 5.42. The first-order chi connectivity index (χ1) is 10.1. The normalized spacial score (nSPS) is 10.6. The van der Waals surface area contributed by atoms with E-state index in [0.717, 1.165) is 25.1 Å². The van der Waals surface area contributed by atoms with E-state index in [1.165, 1.54) is 17.8 Å². The SMILES string of the molecule is O=C(CSc1ccc(F)c(F)c1)NCCCn1ccnc1. The summed E-state index contributed by atoms with van der Waals surface area (Å²) in [6.45, 7) is 1.35. The molecule has 1 amide bonds. The van der Waals surface area contributed by atoms with Crippen LogP contribution in [0.25, 0.3) is 0 Å². The predicted molar refractivity (Wildman–Crippen MR) is 76.9 cm³/mol. The second-order valence-electron chi connectivity index (χ2n) is 4.37. The van der Waals surface area contributed by atoms with Crippen molar-refractivity contribution in [2.24, 2.45) is 0 Å². The van der Waals surface area contributed by atoms with Crippen molar-refractivity contribution < 1.29 is 13.6 Å². The summed E-state index contributed by atoms with van der Waals surface area (Å²) >= 11 is 1.17. The van der Waals surface area contributed by atoms with Gasteiger partial charge in [-0.25, -0.2) is 13.8 Å². The minimum Gasteiger partial charge on any atom is -0.355 e. The Morgan fingerprint density at radius 1 is 1.33 bits per heavy atom. The summed E-state index contributed by atoms with van der Waals surface area (Å²) in [6, 6.07) is 3.60. The Labute approximate surface area is 125 Å². The van der Waals surface area contributed by atoms with E-state index in [-0.39, 0.29) is 11.7 Å². The first kappa shape index (κ1) is 15.5. The van der Waals surface area contributed by atoms with Crippen LogP contribution in [0.15, 0.2) is 41.8 Å². The molecule has 0 fully saturated rings. The number of hydrogen-bond acceptors (Lipinski definition) is 3. The Morgan fingerprint density at radius 3 is 2.90 bits per heavy atom. The highest BCUT2D eigenvalue weighted by Gasteiger charge is 2.06. The van der Waals surface area contributed by atoms with Crippen LogP contribution in [0.4, 0.5) is 8.78 Å². The maximum Gasteiger partial charge on any atom is 0.230 e. The molecule has 0 unspecified atom stereocenters. The number of thioether (sulfide) groups is 1. The first-order valence-electron chi connectivity index (χ1n) is 6.45. The van der Waals surface area contributed by atoms with Gasteiger partial charge in [-0.05, 0) is 24.6 Å². The number of nitrogens with one attached hydrogen (secondary N) is 1. The summed E-state index contributed by atoms with van der Waals surface area (Å²) in [5, 5.41) is 2.78. The number of aryl methyl sites for hydroxylation is 1. The minimum absolute atomic E-state index is 0.129. The zero-order chi connectivity index (χ0) is 15.1. The van der Waals surface area contributed by atoms with Crippen molar-refractivity contribution in [2.45, 2.75) is 17.9 Å². The van der Waals surface area contributed by atoms with Crippen LogP contribution >= 0.6 is 11.8 Å². The summed E-state index contributed by atoms with van der Waals surface area (Å²) in [6.07, 6.45) is 6.09. The molecule has 0 aliphatic rings. The third-order valence-electron chi connectivity index (χ3n) is 2.74. The summed E-state index contributed by atoms with van der Waals surface area (Å²) < 4.78 is 27.7. The lowest BCUT2D eigenvalue weighted by Gasteiger charge is -2.06. The predicted octanol–water partition coefficient (Wildman–Crippen LogP) is 2.46. The number of hydrogen-bond donors (Lipinski definition) is 1. The van der Waals surface area contributed by atoms with Gasteiger partial charge in [0.25, 0.3) is 0 Å². The van der Waals surface area contributed by atoms with Crippen LogP contribution in [0.5, 0.6) is 0 Å². The quantitative estimate of drug-likeness (QED) is 0.631. The van der Waals surface area contributed by atoms with E-state index < -0.39 is 11.6 Å². The number of nitrogens with zero attached hydrogens (tertiary/aromatic N) is 2. The number of aromatic nitrogens is 2. The maximum atomic E-state index is 13.0. The molecule has 1 aromatic carbocycles. The highest BCUT2D eigenvalue weighted by molar-refractivity contribution is 8.00. The molecule has 0 saturated heterocycles. The van der Waals surface area contributed by atoms with E-state index in [1.54, 1.807) is 12.5 Å². The first-order valence-corrected chi connectivity index (χ1v) is 7.44. The van der Waals surface area contributed by atoms with Crippen molar-refractivity contribution in [1.29, 1.82) is 0 Å². The fourth-order valence-corrected chi connectivity index (χ4v) is 2.43. The molecule has 0 spiro atoms. The highest BCUT2D eigenvalue weighted by atomic mass is 32.2. The summed E-state index contributed by atoms with van der Waals surface area (Å²) in [7, 11) is 0. The van der Waals surface area contributed by atoms with E-state index in [1.807, 2.05) is 10.8 Å². The second kappa shape index (κ2) is 7.78. The van der Waals surface area contributed by atoms with Gasteiger partial charge in [-0.1, -0.05) is 0 Å². The van der Waals surface area contributed by atoms with Gasteiger partial charge in [0.15, 0.2) is 11.6 Å². The fourth-order valence-electron chi connectivity index (χ4n) is 1.67. The average molecular weight is 311 g/mol. The van der Waals surface area contributed by atoms with Gasteiger partial charge < -0.3 is 9.88 Å². The van der Waals surface area contributed by atoms with Crippen molar-refractivity contribution >= 4 is 17.7 Å². The minimum atomic E-state index is -0.902. The molecule has 1 N–H and O–H groups in total. The monoisotopic (exact) mass is 311 g/mol. The molecule has 2 rings (SSSR count). The summed E-state index contributed by atoms with van der Waals surface area (Å²) in [5.41, 5.74) is 0. The summed E-state index contributed by atoms with van der Waals surface area (Å²) in [4.78, 5) is 16.1. The lowest BCUT2D eigenvalue weighted by molar-refractivity contribution is -0.118. The van der Waals surface area contributed by atoms with E-state index in [2.05, 4.69) is 10.3 Å². The average Bonchev–Trinajstić information content (AvgIpc) is 2.98. The van der Waals surface area contributed by atoms with E-state index in [4.69, 9.17) is 0 Å². The number of carbonyl (C=O) groups excluding carboxylic acids is 1. The molecule has 0 aliphatic carbocycles. The van der Waals surface area contributed by atoms with Crippen molar-refractivity contribution in [3.8, 4) is 0 Å². The topological polar surface area (TPSA) is 46.9 Å². The van der Waals surface area contributed by atoms with Gasteiger partial charge in [0.05, 0.1) is 12.1 Å². The third-order valence-corrected chi connectivity index (χ3v) is 3.73. The zero-order valence-corrected chi connectivity index (χ0v) is 12.1. The molecule has 4 nitrogen and oxygen atoms in total.